The van der Waals surface area contributed by atoms with Gasteiger partial charge in [-0.1, -0.05) is 51.1 Å². The number of carbonyl (C=O) groups is 1. The van der Waals surface area contributed by atoms with Crippen LogP contribution in [0.5, 0.6) is 0 Å². The number of benzene rings is 1. The third-order valence-electron chi connectivity index (χ3n) is 5.78. The number of nitrogens with zero attached hydrogens (tertiary/aromatic N) is 3. The van der Waals surface area contributed by atoms with E-state index in [0.717, 1.165) is 48.1 Å². The van der Waals surface area contributed by atoms with Crippen molar-refractivity contribution >= 4 is 33.1 Å². The highest BCUT2D eigenvalue weighted by Crippen LogP contribution is 2.34. The lowest BCUT2D eigenvalue weighted by atomic mass is 9.92. The first kappa shape index (κ1) is 20.7. The monoisotopic (exact) mass is 424 g/mol. The second-order valence-electron chi connectivity index (χ2n) is 8.61. The van der Waals surface area contributed by atoms with Crippen molar-refractivity contribution in [1.29, 1.82) is 0 Å². The zero-order chi connectivity index (χ0) is 21.4. The first-order valence-electron chi connectivity index (χ1n) is 10.7. The summed E-state index contributed by atoms with van der Waals surface area (Å²) in [5.74, 6) is 0.287. The second-order valence-corrected chi connectivity index (χ2v) is 9.70. The molecule has 1 amide bonds. The fourth-order valence-corrected chi connectivity index (χ4v) is 5.42. The number of aryl methyl sites for hydroxylation is 2. The zero-order valence-electron chi connectivity index (χ0n) is 18.0. The summed E-state index contributed by atoms with van der Waals surface area (Å²) in [4.78, 5) is 27.9. The third-order valence-corrected chi connectivity index (χ3v) is 6.95. The number of hydrogen-bond donors (Lipinski definition) is 1. The van der Waals surface area contributed by atoms with E-state index in [-0.39, 0.29) is 29.8 Å². The van der Waals surface area contributed by atoms with Gasteiger partial charge in [0, 0.05) is 10.6 Å². The maximum absolute atomic E-state index is 13.1. The highest BCUT2D eigenvalue weighted by Gasteiger charge is 2.22. The Morgan fingerprint density at radius 3 is 2.47 bits per heavy atom. The van der Waals surface area contributed by atoms with Gasteiger partial charge in [0.1, 0.15) is 6.54 Å². The molecule has 0 radical (unpaired) electrons. The molecule has 158 valence electrons. The van der Waals surface area contributed by atoms with Crippen LogP contribution in [0.15, 0.2) is 23.0 Å². The second kappa shape index (κ2) is 8.30. The van der Waals surface area contributed by atoms with Crippen LogP contribution in [0.4, 0.5) is 5.69 Å². The summed E-state index contributed by atoms with van der Waals surface area (Å²) in [7, 11) is 0. The molecule has 2 aromatic heterocycles. The van der Waals surface area contributed by atoms with Crippen LogP contribution < -0.4 is 10.9 Å². The summed E-state index contributed by atoms with van der Waals surface area (Å²) in [6.07, 6.45) is 4.14. The molecule has 4 rings (SSSR count). The van der Waals surface area contributed by atoms with Crippen molar-refractivity contribution in [2.24, 2.45) is 0 Å². The third kappa shape index (κ3) is 3.78. The van der Waals surface area contributed by atoms with Crippen LogP contribution in [0.3, 0.4) is 0 Å². The Labute approximate surface area is 180 Å². The average molecular weight is 425 g/mol. The Kier molecular flexibility index (Phi) is 5.73. The summed E-state index contributed by atoms with van der Waals surface area (Å²) in [6, 6.07) is 6.12. The molecule has 0 fully saturated rings. The topological polar surface area (TPSA) is 76.9 Å². The number of carbonyl (C=O) groups excluding carboxylic acids is 1. The van der Waals surface area contributed by atoms with E-state index >= 15 is 0 Å². The SMILES string of the molecule is CC(C)c1cccc(C(C)C)c1NC(=O)Cn1nnc2sc3c(c2c1=O)CCCC3. The van der Waals surface area contributed by atoms with E-state index in [1.165, 1.54) is 9.56 Å². The number of hydrogen-bond acceptors (Lipinski definition) is 5. The summed E-state index contributed by atoms with van der Waals surface area (Å²) in [6.45, 7) is 8.30. The molecule has 1 aromatic carbocycles. The quantitative estimate of drug-likeness (QED) is 0.648. The van der Waals surface area contributed by atoms with Crippen molar-refractivity contribution in [2.75, 3.05) is 5.32 Å². The van der Waals surface area contributed by atoms with Gasteiger partial charge in [-0.05, 0) is 54.2 Å². The molecular formula is C23H28N4O2S. The van der Waals surface area contributed by atoms with E-state index in [9.17, 15) is 9.59 Å². The van der Waals surface area contributed by atoms with Gasteiger partial charge in [-0.3, -0.25) is 9.59 Å². The number of anilines is 1. The van der Waals surface area contributed by atoms with E-state index in [0.29, 0.717) is 10.2 Å². The lowest BCUT2D eigenvalue weighted by molar-refractivity contribution is -0.117. The zero-order valence-corrected chi connectivity index (χ0v) is 18.8. The van der Waals surface area contributed by atoms with Gasteiger partial charge in [-0.25, -0.2) is 4.68 Å². The number of nitrogens with one attached hydrogen (secondary N) is 1. The van der Waals surface area contributed by atoms with Crippen LogP contribution in [0, 0.1) is 0 Å². The lowest BCUT2D eigenvalue weighted by Crippen LogP contribution is -2.31. The summed E-state index contributed by atoms with van der Waals surface area (Å²) >= 11 is 1.57. The molecule has 0 bridgehead atoms. The Hall–Kier alpha value is -2.54. The average Bonchev–Trinajstić information content (AvgIpc) is 3.09. The van der Waals surface area contributed by atoms with Crippen LogP contribution in [-0.2, 0) is 24.2 Å². The van der Waals surface area contributed by atoms with E-state index in [2.05, 4.69) is 43.3 Å². The van der Waals surface area contributed by atoms with Crippen LogP contribution in [0.25, 0.3) is 10.2 Å². The molecular weight excluding hydrogens is 396 g/mol. The number of amides is 1. The van der Waals surface area contributed by atoms with E-state index < -0.39 is 0 Å². The maximum Gasteiger partial charge on any atom is 0.279 e. The Morgan fingerprint density at radius 1 is 1.13 bits per heavy atom. The van der Waals surface area contributed by atoms with Crippen molar-refractivity contribution in [3.63, 3.8) is 0 Å². The normalized spacial score (nSPS) is 13.8. The Balaban J connectivity index is 1.65. The largest absolute Gasteiger partial charge is 0.324 e. The van der Waals surface area contributed by atoms with Gasteiger partial charge in [0.2, 0.25) is 5.91 Å². The van der Waals surface area contributed by atoms with Crippen LogP contribution in [0.2, 0.25) is 0 Å². The molecule has 0 spiro atoms. The van der Waals surface area contributed by atoms with E-state index in [1.54, 1.807) is 11.3 Å². The first-order chi connectivity index (χ1) is 14.4. The molecule has 0 unspecified atom stereocenters. The van der Waals surface area contributed by atoms with Gasteiger partial charge in [-0.15, -0.1) is 16.4 Å². The van der Waals surface area contributed by atoms with Crippen molar-refractivity contribution < 1.29 is 4.79 Å². The molecule has 30 heavy (non-hydrogen) atoms. The lowest BCUT2D eigenvalue weighted by Gasteiger charge is -2.20. The molecule has 1 aliphatic carbocycles. The summed E-state index contributed by atoms with van der Waals surface area (Å²) < 4.78 is 1.20. The molecule has 7 heteroatoms. The molecule has 1 aliphatic rings. The standard InChI is InChI=1S/C23H28N4O2S/c1-13(2)15-9-7-10-16(14(3)4)21(15)24-19(28)12-27-23(29)20-17-8-5-6-11-18(17)30-22(20)25-26-27/h7,9-10,13-14H,5-6,8,11-12H2,1-4H3,(H,24,28). The number of rotatable bonds is 5. The van der Waals surface area contributed by atoms with Crippen LogP contribution in [-0.4, -0.2) is 20.9 Å². The van der Waals surface area contributed by atoms with Crippen molar-refractivity contribution in [1.82, 2.24) is 15.0 Å². The van der Waals surface area contributed by atoms with Gasteiger partial charge in [0.25, 0.3) is 5.56 Å². The van der Waals surface area contributed by atoms with Gasteiger partial charge in [-0.2, -0.15) is 0 Å². The number of fused-ring (bicyclic) bond motifs is 3. The molecule has 0 saturated heterocycles. The van der Waals surface area contributed by atoms with Crippen LogP contribution >= 0.6 is 11.3 Å². The predicted molar refractivity (Wildman–Crippen MR) is 122 cm³/mol. The maximum atomic E-state index is 13.1. The summed E-state index contributed by atoms with van der Waals surface area (Å²) in [5.41, 5.74) is 3.94. The van der Waals surface area contributed by atoms with Crippen molar-refractivity contribution in [3.8, 4) is 0 Å². The van der Waals surface area contributed by atoms with Gasteiger partial charge >= 0.3 is 0 Å². The molecule has 0 saturated carbocycles. The minimum Gasteiger partial charge on any atom is -0.324 e. The number of para-hydroxylation sites is 1. The smallest absolute Gasteiger partial charge is 0.279 e. The van der Waals surface area contributed by atoms with Gasteiger partial charge in [0.05, 0.1) is 5.39 Å². The molecule has 3 aromatic rings. The fourth-order valence-electron chi connectivity index (χ4n) is 4.22. The fraction of sp³-hybridized carbons (Fsp3) is 0.478. The minimum absolute atomic E-state index is 0.143. The molecule has 1 N–H and O–H groups in total. The molecule has 0 atom stereocenters. The number of aromatic nitrogens is 3. The Bertz CT molecular complexity index is 1130. The highest BCUT2D eigenvalue weighted by atomic mass is 32.1. The minimum atomic E-state index is -0.259. The summed E-state index contributed by atoms with van der Waals surface area (Å²) in [5, 5.41) is 12.0. The van der Waals surface area contributed by atoms with Gasteiger partial charge < -0.3 is 5.32 Å². The van der Waals surface area contributed by atoms with E-state index in [4.69, 9.17) is 0 Å². The van der Waals surface area contributed by atoms with Crippen LogP contribution in [0.1, 0.15) is 73.9 Å². The molecule has 0 aliphatic heterocycles. The molecule has 2 heterocycles. The highest BCUT2D eigenvalue weighted by molar-refractivity contribution is 7.18. The van der Waals surface area contributed by atoms with Gasteiger partial charge in [0.15, 0.2) is 4.83 Å². The first-order valence-corrected chi connectivity index (χ1v) is 11.5. The van der Waals surface area contributed by atoms with Crippen molar-refractivity contribution in [3.05, 3.63) is 50.1 Å². The number of thiophene rings is 1. The predicted octanol–water partition coefficient (Wildman–Crippen LogP) is 4.62. The molecule has 6 nitrogen and oxygen atoms in total. The Morgan fingerprint density at radius 2 is 1.80 bits per heavy atom. The van der Waals surface area contributed by atoms with Crippen molar-refractivity contribution in [2.45, 2.75) is 71.8 Å². The van der Waals surface area contributed by atoms with E-state index in [1.807, 2.05) is 18.2 Å².